The minimum atomic E-state index is -4.06. The molecule has 0 aliphatic rings. The van der Waals surface area contributed by atoms with Gasteiger partial charge in [0.1, 0.15) is 0 Å². The minimum Gasteiger partial charge on any atom is -0.289 e. The van der Waals surface area contributed by atoms with Crippen LogP contribution in [0.25, 0.3) is 22.3 Å². The highest BCUT2D eigenvalue weighted by atomic mass is 32.2. The van der Waals surface area contributed by atoms with Crippen LogP contribution >= 0.6 is 0 Å². The fraction of sp³-hybridized carbons (Fsp3) is 0.0345. The second-order valence-electron chi connectivity index (χ2n) is 8.19. The quantitative estimate of drug-likeness (QED) is 0.176. The molecule has 4 aromatic rings. The highest BCUT2D eigenvalue weighted by Crippen LogP contribution is 2.32. The van der Waals surface area contributed by atoms with Crippen molar-refractivity contribution in [3.63, 3.8) is 0 Å². The second kappa shape index (κ2) is 11.8. The first-order chi connectivity index (χ1) is 17.8. The van der Waals surface area contributed by atoms with Crippen LogP contribution < -0.4 is 9.44 Å². The highest BCUT2D eigenvalue weighted by molar-refractivity contribution is 7.99. The number of benzene rings is 4. The van der Waals surface area contributed by atoms with E-state index in [-0.39, 0.29) is 4.91 Å². The Hall–Kier alpha value is -3.98. The smallest absolute Gasteiger partial charge is 0.262 e. The predicted molar refractivity (Wildman–Crippen MR) is 153 cm³/mol. The van der Waals surface area contributed by atoms with Crippen LogP contribution in [0.4, 0.5) is 5.69 Å². The maximum Gasteiger partial charge on any atom is 0.262 e. The first kappa shape index (κ1) is 26.1. The molecule has 0 heterocycles. The first-order valence-corrected chi connectivity index (χ1v) is 14.0. The molecule has 0 aliphatic carbocycles. The van der Waals surface area contributed by atoms with Gasteiger partial charge in [0.15, 0.2) is 0 Å². The van der Waals surface area contributed by atoms with Gasteiger partial charge in [-0.1, -0.05) is 103 Å². The molecular formula is C29H26N2O4S2. The second-order valence-corrected chi connectivity index (χ2v) is 10.5. The zero-order valence-corrected chi connectivity index (χ0v) is 21.7. The Morgan fingerprint density at radius 1 is 0.730 bits per heavy atom. The normalized spacial score (nSPS) is 13.4. The van der Waals surface area contributed by atoms with E-state index in [1.54, 1.807) is 61.5 Å². The van der Waals surface area contributed by atoms with Crippen molar-refractivity contribution in [2.45, 2.75) is 6.92 Å². The number of rotatable bonds is 9. The molecule has 1 unspecified atom stereocenters. The molecule has 0 saturated heterocycles. The fourth-order valence-corrected chi connectivity index (χ4v) is 5.76. The van der Waals surface area contributed by atoms with Crippen LogP contribution in [0.1, 0.15) is 29.2 Å². The van der Waals surface area contributed by atoms with E-state index in [9.17, 15) is 12.6 Å². The van der Waals surface area contributed by atoms with E-state index in [1.165, 1.54) is 0 Å². The third kappa shape index (κ3) is 6.83. The SMILES string of the molecule is CC(=C(c1ccccc1)S(=O)(=O)NC(=Cc1ccccc1)c1ccccc1)c1ccc(NS(=O)O)cc1. The summed E-state index contributed by atoms with van der Waals surface area (Å²) in [6.45, 7) is 1.75. The Bertz CT molecular complexity index is 1530. The molecule has 37 heavy (non-hydrogen) atoms. The van der Waals surface area contributed by atoms with Crippen molar-refractivity contribution in [1.82, 2.24) is 4.72 Å². The lowest BCUT2D eigenvalue weighted by Gasteiger charge is -2.18. The molecule has 0 spiro atoms. The van der Waals surface area contributed by atoms with Gasteiger partial charge in [-0.2, -0.15) is 0 Å². The van der Waals surface area contributed by atoms with E-state index in [0.717, 1.165) is 11.1 Å². The number of hydrogen-bond acceptors (Lipinski definition) is 3. The van der Waals surface area contributed by atoms with E-state index in [0.29, 0.717) is 28.1 Å². The molecule has 1 atom stereocenters. The molecule has 3 N–H and O–H groups in total. The number of hydrogen-bond donors (Lipinski definition) is 3. The third-order valence-corrected chi connectivity index (χ3v) is 7.59. The number of allylic oxidation sites excluding steroid dienone is 1. The van der Waals surface area contributed by atoms with Crippen LogP contribution in [0.2, 0.25) is 0 Å². The third-order valence-electron chi connectivity index (χ3n) is 5.61. The summed E-state index contributed by atoms with van der Waals surface area (Å²) >= 11 is -2.20. The Labute approximate surface area is 219 Å². The van der Waals surface area contributed by atoms with Crippen molar-refractivity contribution in [1.29, 1.82) is 0 Å². The molecule has 0 saturated carbocycles. The van der Waals surface area contributed by atoms with Crippen molar-refractivity contribution in [2.24, 2.45) is 0 Å². The van der Waals surface area contributed by atoms with Gasteiger partial charge in [0, 0.05) is 5.69 Å². The highest BCUT2D eigenvalue weighted by Gasteiger charge is 2.24. The van der Waals surface area contributed by atoms with E-state index in [4.69, 9.17) is 4.55 Å². The summed E-state index contributed by atoms with van der Waals surface area (Å²) in [5.74, 6) is 0. The Balaban J connectivity index is 1.82. The van der Waals surface area contributed by atoms with E-state index < -0.39 is 21.3 Å². The van der Waals surface area contributed by atoms with Crippen molar-refractivity contribution in [3.8, 4) is 0 Å². The summed E-state index contributed by atoms with van der Waals surface area (Å²) in [7, 11) is -4.06. The zero-order chi connectivity index (χ0) is 26.3. The van der Waals surface area contributed by atoms with E-state index in [1.807, 2.05) is 66.7 Å². The number of sulfonamides is 1. The van der Waals surface area contributed by atoms with Crippen LogP contribution in [0.15, 0.2) is 115 Å². The van der Waals surface area contributed by atoms with Gasteiger partial charge in [0.2, 0.25) is 0 Å². The largest absolute Gasteiger partial charge is 0.289 e. The van der Waals surface area contributed by atoms with Gasteiger partial charge in [-0.05, 0) is 53.0 Å². The molecule has 8 heteroatoms. The summed E-state index contributed by atoms with van der Waals surface area (Å²) < 4.78 is 53.4. The van der Waals surface area contributed by atoms with Gasteiger partial charge in [-0.25, -0.2) is 12.6 Å². The van der Waals surface area contributed by atoms with Crippen molar-refractivity contribution in [2.75, 3.05) is 4.72 Å². The summed E-state index contributed by atoms with van der Waals surface area (Å²) in [4.78, 5) is 0.134. The standard InChI is InChI=1S/C29H26N2O4S2/c1-22(24-17-19-27(20-18-24)30-36(32)33)29(26-15-9-4-10-16-26)37(34,35)31-28(25-13-7-3-8-14-25)21-23-11-5-2-6-12-23/h2-21,30-31H,1H3,(H,32,33). The average Bonchev–Trinajstić information content (AvgIpc) is 2.90. The van der Waals surface area contributed by atoms with Crippen LogP contribution in [0, 0.1) is 0 Å². The number of anilines is 1. The zero-order valence-electron chi connectivity index (χ0n) is 20.0. The van der Waals surface area contributed by atoms with Crippen molar-refractivity contribution >= 4 is 49.2 Å². The summed E-state index contributed by atoms with van der Waals surface area (Å²) in [6, 6.07) is 34.4. The molecule has 0 radical (unpaired) electrons. The van der Waals surface area contributed by atoms with Crippen LogP contribution in [0.3, 0.4) is 0 Å². The Kier molecular flexibility index (Phi) is 8.35. The fourth-order valence-electron chi connectivity index (χ4n) is 3.88. The summed E-state index contributed by atoms with van der Waals surface area (Å²) in [5.41, 5.74) is 4.20. The topological polar surface area (TPSA) is 95.5 Å². The summed E-state index contributed by atoms with van der Waals surface area (Å²) in [6.07, 6.45) is 1.81. The molecule has 0 aromatic heterocycles. The van der Waals surface area contributed by atoms with Gasteiger partial charge >= 0.3 is 0 Å². The lowest BCUT2D eigenvalue weighted by Crippen LogP contribution is -2.24. The van der Waals surface area contributed by atoms with Gasteiger partial charge in [0.05, 0.1) is 10.6 Å². The van der Waals surface area contributed by atoms with Gasteiger partial charge in [-0.15, -0.1) is 0 Å². The molecular weight excluding hydrogens is 504 g/mol. The molecule has 188 valence electrons. The molecule has 0 fully saturated rings. The monoisotopic (exact) mass is 530 g/mol. The van der Waals surface area contributed by atoms with E-state index in [2.05, 4.69) is 9.44 Å². The van der Waals surface area contributed by atoms with Gasteiger partial charge in [0.25, 0.3) is 21.3 Å². The van der Waals surface area contributed by atoms with Crippen LogP contribution in [-0.4, -0.2) is 17.2 Å². The first-order valence-electron chi connectivity index (χ1n) is 11.4. The van der Waals surface area contributed by atoms with Gasteiger partial charge in [-0.3, -0.25) is 14.0 Å². The minimum absolute atomic E-state index is 0.134. The molecule has 6 nitrogen and oxygen atoms in total. The number of nitrogens with one attached hydrogen (secondary N) is 2. The lowest BCUT2D eigenvalue weighted by atomic mass is 10.0. The predicted octanol–water partition coefficient (Wildman–Crippen LogP) is 6.24. The maximum absolute atomic E-state index is 14.0. The Morgan fingerprint density at radius 3 is 1.78 bits per heavy atom. The lowest BCUT2D eigenvalue weighted by molar-refractivity contribution is 0.570. The van der Waals surface area contributed by atoms with Crippen LogP contribution in [-0.2, 0) is 21.3 Å². The maximum atomic E-state index is 14.0. The van der Waals surface area contributed by atoms with Crippen molar-refractivity contribution in [3.05, 3.63) is 138 Å². The van der Waals surface area contributed by atoms with Crippen LogP contribution in [0.5, 0.6) is 0 Å². The van der Waals surface area contributed by atoms with E-state index >= 15 is 0 Å². The molecule has 0 aliphatic heterocycles. The van der Waals surface area contributed by atoms with Crippen molar-refractivity contribution < 1.29 is 17.2 Å². The van der Waals surface area contributed by atoms with Gasteiger partial charge < -0.3 is 0 Å². The molecule has 4 aromatic carbocycles. The molecule has 4 rings (SSSR count). The Morgan fingerprint density at radius 2 is 1.24 bits per heavy atom. The summed E-state index contributed by atoms with van der Waals surface area (Å²) in [5, 5.41) is 0. The molecule has 0 bridgehead atoms. The molecule has 0 amide bonds. The average molecular weight is 531 g/mol.